The van der Waals surface area contributed by atoms with Crippen molar-refractivity contribution in [2.75, 3.05) is 19.0 Å². The van der Waals surface area contributed by atoms with Crippen molar-refractivity contribution in [3.63, 3.8) is 0 Å². The third kappa shape index (κ3) is 4.74. The molecule has 8 heteroatoms. The lowest BCUT2D eigenvalue weighted by Gasteiger charge is -2.09. The minimum Gasteiger partial charge on any atom is -0.385 e. The van der Waals surface area contributed by atoms with E-state index in [2.05, 4.69) is 10.3 Å². The minimum atomic E-state index is -0.266. The third-order valence-corrected chi connectivity index (χ3v) is 5.33. The maximum atomic E-state index is 13.3. The van der Waals surface area contributed by atoms with E-state index in [1.807, 2.05) is 36.5 Å². The molecular formula is C24H23ClN4O3. The average Bonchev–Trinajstić information content (AvgIpc) is 3.15. The van der Waals surface area contributed by atoms with Crippen LogP contribution in [0.25, 0.3) is 22.2 Å². The number of aromatic nitrogens is 3. The zero-order chi connectivity index (χ0) is 22.5. The molecule has 2 aromatic heterocycles. The first-order valence-corrected chi connectivity index (χ1v) is 10.6. The molecule has 0 unspecified atom stereocenters. The lowest BCUT2D eigenvalue weighted by molar-refractivity contribution is -0.116. The van der Waals surface area contributed by atoms with Gasteiger partial charge in [-0.05, 0) is 30.2 Å². The molecular weight excluding hydrogens is 428 g/mol. The summed E-state index contributed by atoms with van der Waals surface area (Å²) in [6.07, 6.45) is 4.06. The van der Waals surface area contributed by atoms with Crippen LogP contribution in [0, 0.1) is 0 Å². The van der Waals surface area contributed by atoms with Crippen LogP contribution >= 0.6 is 11.6 Å². The van der Waals surface area contributed by atoms with Gasteiger partial charge in [0.15, 0.2) is 0 Å². The second-order valence-electron chi connectivity index (χ2n) is 7.38. The molecule has 7 nitrogen and oxygen atoms in total. The summed E-state index contributed by atoms with van der Waals surface area (Å²) < 4.78 is 8.31. The van der Waals surface area contributed by atoms with Gasteiger partial charge in [0.1, 0.15) is 17.6 Å². The number of fused-ring (bicyclic) bond motifs is 1. The van der Waals surface area contributed by atoms with Crippen LogP contribution in [0.3, 0.4) is 0 Å². The molecule has 0 aliphatic heterocycles. The number of anilines is 1. The molecule has 4 aromatic rings. The lowest BCUT2D eigenvalue weighted by Crippen LogP contribution is -2.25. The summed E-state index contributed by atoms with van der Waals surface area (Å²) in [5.74, 6) is -0.266. The predicted octanol–water partition coefficient (Wildman–Crippen LogP) is 4.19. The van der Waals surface area contributed by atoms with Crippen molar-refractivity contribution in [1.29, 1.82) is 0 Å². The summed E-state index contributed by atoms with van der Waals surface area (Å²) in [5, 5.41) is 3.36. The standard InChI is InChI=1S/C24H23ClN4O3/c1-32-12-6-11-28-16-26-22-20(17-7-3-2-4-8-17)14-29(23(22)24(28)31)15-21(30)27-19-10-5-9-18(25)13-19/h2-5,7-10,13-14,16H,6,11-12,15H2,1H3,(H,27,30). The van der Waals surface area contributed by atoms with E-state index in [9.17, 15) is 9.59 Å². The van der Waals surface area contributed by atoms with Gasteiger partial charge < -0.3 is 14.6 Å². The van der Waals surface area contributed by atoms with E-state index in [-0.39, 0.29) is 18.0 Å². The van der Waals surface area contributed by atoms with E-state index in [1.165, 1.54) is 0 Å². The first-order valence-electron chi connectivity index (χ1n) is 10.2. The van der Waals surface area contributed by atoms with Crippen LogP contribution in [0.2, 0.25) is 5.02 Å². The van der Waals surface area contributed by atoms with Crippen molar-refractivity contribution in [2.24, 2.45) is 0 Å². The van der Waals surface area contributed by atoms with Crippen molar-refractivity contribution in [2.45, 2.75) is 19.5 Å². The molecule has 0 bridgehead atoms. The molecule has 0 radical (unpaired) electrons. The molecule has 0 saturated heterocycles. The molecule has 1 N–H and O–H groups in total. The molecule has 0 saturated carbocycles. The molecule has 1 amide bonds. The highest BCUT2D eigenvalue weighted by Crippen LogP contribution is 2.27. The van der Waals surface area contributed by atoms with E-state index in [0.29, 0.717) is 41.3 Å². The number of methoxy groups -OCH3 is 1. The molecule has 0 fully saturated rings. The molecule has 0 atom stereocenters. The topological polar surface area (TPSA) is 78.2 Å². The Morgan fingerprint density at radius 2 is 1.94 bits per heavy atom. The van der Waals surface area contributed by atoms with Gasteiger partial charge in [-0.3, -0.25) is 14.2 Å². The number of rotatable bonds is 8. The fourth-order valence-electron chi connectivity index (χ4n) is 3.63. The number of ether oxygens (including phenoxy) is 1. The predicted molar refractivity (Wildman–Crippen MR) is 126 cm³/mol. The Bertz CT molecular complexity index is 1300. The van der Waals surface area contributed by atoms with Crippen molar-refractivity contribution in [3.8, 4) is 11.1 Å². The molecule has 0 aliphatic carbocycles. The van der Waals surface area contributed by atoms with Gasteiger partial charge in [0.25, 0.3) is 5.56 Å². The Morgan fingerprint density at radius 1 is 1.12 bits per heavy atom. The van der Waals surface area contributed by atoms with Gasteiger partial charge in [-0.2, -0.15) is 0 Å². The highest BCUT2D eigenvalue weighted by atomic mass is 35.5. The highest BCUT2D eigenvalue weighted by molar-refractivity contribution is 6.30. The quantitative estimate of drug-likeness (QED) is 0.408. The number of amides is 1. The molecule has 32 heavy (non-hydrogen) atoms. The summed E-state index contributed by atoms with van der Waals surface area (Å²) in [5.41, 5.74) is 3.10. The van der Waals surface area contributed by atoms with Crippen LogP contribution in [0.5, 0.6) is 0 Å². The molecule has 2 aromatic carbocycles. The number of hydrogen-bond acceptors (Lipinski definition) is 4. The average molecular weight is 451 g/mol. The fourth-order valence-corrected chi connectivity index (χ4v) is 3.82. The second kappa shape index (κ2) is 9.80. The maximum absolute atomic E-state index is 13.3. The van der Waals surface area contributed by atoms with Crippen molar-refractivity contribution in [1.82, 2.24) is 14.1 Å². The lowest BCUT2D eigenvalue weighted by atomic mass is 10.1. The number of aryl methyl sites for hydroxylation is 1. The Kier molecular flexibility index (Phi) is 6.68. The maximum Gasteiger partial charge on any atom is 0.277 e. The van der Waals surface area contributed by atoms with Crippen molar-refractivity contribution >= 4 is 34.2 Å². The zero-order valence-corrected chi connectivity index (χ0v) is 18.4. The van der Waals surface area contributed by atoms with Gasteiger partial charge in [0, 0.05) is 42.7 Å². The largest absolute Gasteiger partial charge is 0.385 e. The van der Waals surface area contributed by atoms with Crippen molar-refractivity contribution < 1.29 is 9.53 Å². The Labute approximate surface area is 190 Å². The normalized spacial score (nSPS) is 11.1. The third-order valence-electron chi connectivity index (χ3n) is 5.10. The first-order chi connectivity index (χ1) is 15.6. The Hall–Kier alpha value is -3.42. The van der Waals surface area contributed by atoms with E-state index < -0.39 is 0 Å². The monoisotopic (exact) mass is 450 g/mol. The Balaban J connectivity index is 1.73. The second-order valence-corrected chi connectivity index (χ2v) is 7.82. The van der Waals surface area contributed by atoms with Gasteiger partial charge in [0.2, 0.25) is 5.91 Å². The number of hydrogen-bond donors (Lipinski definition) is 1. The van der Waals surface area contributed by atoms with Crippen LogP contribution in [-0.2, 0) is 22.6 Å². The molecule has 164 valence electrons. The molecule has 2 heterocycles. The van der Waals surface area contributed by atoms with Crippen LogP contribution < -0.4 is 10.9 Å². The van der Waals surface area contributed by atoms with Gasteiger partial charge in [-0.1, -0.05) is 48.0 Å². The van der Waals surface area contributed by atoms with E-state index in [4.69, 9.17) is 16.3 Å². The Morgan fingerprint density at radius 3 is 2.69 bits per heavy atom. The summed E-state index contributed by atoms with van der Waals surface area (Å²) in [6.45, 7) is 0.994. The van der Waals surface area contributed by atoms with E-state index in [0.717, 1.165) is 11.1 Å². The first kappa shape index (κ1) is 21.8. The van der Waals surface area contributed by atoms with Gasteiger partial charge in [0.05, 0.1) is 6.33 Å². The summed E-state index contributed by atoms with van der Waals surface area (Å²) >= 11 is 6.01. The summed E-state index contributed by atoms with van der Waals surface area (Å²) in [6, 6.07) is 16.6. The molecule has 0 aliphatic rings. The molecule has 4 rings (SSSR count). The number of carbonyl (C=O) groups is 1. The van der Waals surface area contributed by atoms with Crippen LogP contribution in [0.4, 0.5) is 5.69 Å². The number of benzene rings is 2. The smallest absolute Gasteiger partial charge is 0.277 e. The van der Waals surface area contributed by atoms with E-state index >= 15 is 0 Å². The fraction of sp³-hybridized carbons (Fsp3) is 0.208. The van der Waals surface area contributed by atoms with Crippen molar-refractivity contribution in [3.05, 3.63) is 82.5 Å². The molecule has 0 spiro atoms. The number of nitrogens with zero attached hydrogens (tertiary/aromatic N) is 3. The summed E-state index contributed by atoms with van der Waals surface area (Å²) in [7, 11) is 1.63. The van der Waals surface area contributed by atoms with Crippen LogP contribution in [0.1, 0.15) is 6.42 Å². The van der Waals surface area contributed by atoms with Gasteiger partial charge >= 0.3 is 0 Å². The number of nitrogens with one attached hydrogen (secondary N) is 1. The van der Waals surface area contributed by atoms with Crippen LogP contribution in [-0.4, -0.2) is 33.7 Å². The van der Waals surface area contributed by atoms with E-state index in [1.54, 1.807) is 46.8 Å². The number of carbonyl (C=O) groups excluding carboxylic acids is 1. The highest BCUT2D eigenvalue weighted by Gasteiger charge is 2.18. The summed E-state index contributed by atoms with van der Waals surface area (Å²) in [4.78, 5) is 30.6. The minimum absolute atomic E-state index is 0.0329. The number of halogens is 1. The SMILES string of the molecule is COCCCn1cnc2c(-c3ccccc3)cn(CC(=O)Nc3cccc(Cl)c3)c2c1=O. The van der Waals surface area contributed by atoms with Crippen LogP contribution in [0.15, 0.2) is 71.9 Å². The van der Waals surface area contributed by atoms with Gasteiger partial charge in [-0.15, -0.1) is 0 Å². The van der Waals surface area contributed by atoms with Gasteiger partial charge in [-0.25, -0.2) is 4.98 Å². The zero-order valence-electron chi connectivity index (χ0n) is 17.6.